The number of nitrogens with zero attached hydrogens (tertiary/aromatic N) is 3. The first-order chi connectivity index (χ1) is 12.7. The molecule has 0 unspecified atom stereocenters. The van der Waals surface area contributed by atoms with Gasteiger partial charge in [-0.15, -0.1) is 0 Å². The number of piperidine rings is 1. The minimum absolute atomic E-state index is 0.0477. The number of hydrogen-bond donors (Lipinski definition) is 0. The number of aromatic nitrogens is 2. The minimum atomic E-state index is 0.0477. The number of aryl methyl sites for hydroxylation is 1. The molecule has 0 spiro atoms. The molecular weight excluding hydrogens is 330 g/mol. The fourth-order valence-electron chi connectivity index (χ4n) is 3.59. The molecule has 26 heavy (non-hydrogen) atoms. The maximum absolute atomic E-state index is 12.9. The van der Waals surface area contributed by atoms with Crippen molar-refractivity contribution < 1.29 is 14.3 Å². The van der Waals surface area contributed by atoms with Crippen LogP contribution in [0.4, 0.5) is 0 Å². The Kier molecular flexibility index (Phi) is 6.28. The predicted octanol–water partition coefficient (Wildman–Crippen LogP) is 2.89. The Labute approximate surface area is 154 Å². The molecule has 1 atom stereocenters. The molecule has 1 saturated heterocycles. The van der Waals surface area contributed by atoms with Crippen LogP contribution in [0.5, 0.6) is 11.5 Å². The molecule has 1 aromatic heterocycles. The van der Waals surface area contributed by atoms with Crippen LogP contribution in [0, 0.1) is 5.92 Å². The van der Waals surface area contributed by atoms with E-state index in [1.807, 2.05) is 23.0 Å². The maximum Gasteiger partial charge on any atom is 0.167 e. The van der Waals surface area contributed by atoms with Gasteiger partial charge in [0, 0.05) is 37.0 Å². The molecule has 1 aromatic carbocycles. The zero-order valence-electron chi connectivity index (χ0n) is 15.6. The summed E-state index contributed by atoms with van der Waals surface area (Å²) in [5.41, 5.74) is 0.700. The molecular formula is C20H27N3O3. The van der Waals surface area contributed by atoms with Crippen LogP contribution >= 0.6 is 0 Å². The topological polar surface area (TPSA) is 56.6 Å². The van der Waals surface area contributed by atoms with E-state index in [0.29, 0.717) is 17.1 Å². The van der Waals surface area contributed by atoms with E-state index in [-0.39, 0.29) is 11.7 Å². The predicted molar refractivity (Wildman–Crippen MR) is 99.9 cm³/mol. The number of likely N-dealkylation sites (tertiary alicyclic amines) is 1. The van der Waals surface area contributed by atoms with Crippen molar-refractivity contribution >= 4 is 5.78 Å². The van der Waals surface area contributed by atoms with Crippen molar-refractivity contribution in [2.45, 2.75) is 25.8 Å². The van der Waals surface area contributed by atoms with Crippen molar-refractivity contribution in [1.29, 1.82) is 0 Å². The van der Waals surface area contributed by atoms with Crippen molar-refractivity contribution in [3.63, 3.8) is 0 Å². The monoisotopic (exact) mass is 357 g/mol. The number of rotatable bonds is 8. The summed E-state index contributed by atoms with van der Waals surface area (Å²) in [5.74, 6) is 1.49. The van der Waals surface area contributed by atoms with Gasteiger partial charge in [0.2, 0.25) is 0 Å². The molecule has 0 saturated carbocycles. The van der Waals surface area contributed by atoms with Gasteiger partial charge in [-0.25, -0.2) is 0 Å². The smallest absolute Gasteiger partial charge is 0.167 e. The largest absolute Gasteiger partial charge is 0.493 e. The van der Waals surface area contributed by atoms with Crippen molar-refractivity contribution in [2.75, 3.05) is 33.9 Å². The van der Waals surface area contributed by atoms with E-state index in [4.69, 9.17) is 9.47 Å². The van der Waals surface area contributed by atoms with Gasteiger partial charge in [0.25, 0.3) is 0 Å². The minimum Gasteiger partial charge on any atom is -0.493 e. The summed E-state index contributed by atoms with van der Waals surface area (Å²) in [7, 11) is 3.19. The number of hydrogen-bond acceptors (Lipinski definition) is 5. The van der Waals surface area contributed by atoms with E-state index >= 15 is 0 Å². The summed E-state index contributed by atoms with van der Waals surface area (Å²) < 4.78 is 12.5. The Hall–Kier alpha value is -2.34. The molecule has 1 aliphatic heterocycles. The average molecular weight is 357 g/mol. The second-order valence-corrected chi connectivity index (χ2v) is 6.70. The summed E-state index contributed by atoms with van der Waals surface area (Å²) in [5, 5.41) is 4.23. The molecule has 2 aromatic rings. The molecule has 6 nitrogen and oxygen atoms in total. The van der Waals surface area contributed by atoms with Crippen molar-refractivity contribution in [3.8, 4) is 11.5 Å². The van der Waals surface area contributed by atoms with Crippen LogP contribution in [-0.4, -0.2) is 54.3 Å². The zero-order chi connectivity index (χ0) is 18.4. The Morgan fingerprint density at radius 1 is 1.23 bits per heavy atom. The van der Waals surface area contributed by atoms with Crippen LogP contribution in [0.3, 0.4) is 0 Å². The molecule has 140 valence electrons. The first kappa shape index (κ1) is 18.5. The lowest BCUT2D eigenvalue weighted by Crippen LogP contribution is -2.39. The summed E-state index contributed by atoms with van der Waals surface area (Å²) in [4.78, 5) is 15.3. The van der Waals surface area contributed by atoms with Gasteiger partial charge in [0.15, 0.2) is 17.3 Å². The quantitative estimate of drug-likeness (QED) is 0.680. The van der Waals surface area contributed by atoms with E-state index < -0.39 is 0 Å². The molecule has 0 aliphatic carbocycles. The van der Waals surface area contributed by atoms with Crippen LogP contribution in [-0.2, 0) is 6.54 Å². The number of ketones is 1. The van der Waals surface area contributed by atoms with E-state index in [1.54, 1.807) is 32.5 Å². The number of ether oxygens (including phenoxy) is 2. The van der Waals surface area contributed by atoms with E-state index in [0.717, 1.165) is 45.4 Å². The summed E-state index contributed by atoms with van der Waals surface area (Å²) >= 11 is 0. The Bertz CT molecular complexity index is 715. The maximum atomic E-state index is 12.9. The molecule has 3 rings (SSSR count). The van der Waals surface area contributed by atoms with Gasteiger partial charge < -0.3 is 14.4 Å². The highest BCUT2D eigenvalue weighted by atomic mass is 16.5. The fourth-order valence-corrected chi connectivity index (χ4v) is 3.59. The van der Waals surface area contributed by atoms with Crippen molar-refractivity contribution in [1.82, 2.24) is 14.7 Å². The van der Waals surface area contributed by atoms with Crippen molar-refractivity contribution in [3.05, 3.63) is 42.2 Å². The molecule has 0 N–H and O–H groups in total. The van der Waals surface area contributed by atoms with Crippen LogP contribution in [0.25, 0.3) is 0 Å². The fraction of sp³-hybridized carbons (Fsp3) is 0.500. The standard InChI is InChI=1S/C20H27N3O3/c1-25-18-8-7-16(14-19(18)26-2)20(24)17-6-3-10-22(15-17)11-5-13-23-12-4-9-21-23/h4,7-9,12,14,17H,3,5-6,10-11,13,15H2,1-2H3/t17-/m0/s1. The van der Waals surface area contributed by atoms with Gasteiger partial charge in [-0.2, -0.15) is 5.10 Å². The third-order valence-electron chi connectivity index (χ3n) is 4.97. The van der Waals surface area contributed by atoms with E-state index in [2.05, 4.69) is 10.00 Å². The normalized spacial score (nSPS) is 17.8. The van der Waals surface area contributed by atoms with E-state index in [9.17, 15) is 4.79 Å². The molecule has 1 aliphatic rings. The third-order valence-corrected chi connectivity index (χ3v) is 4.97. The number of Topliss-reactive ketones (excluding diaryl/α,β-unsaturated/α-hetero) is 1. The number of benzene rings is 1. The highest BCUT2D eigenvalue weighted by Crippen LogP contribution is 2.30. The summed E-state index contributed by atoms with van der Waals surface area (Å²) in [6, 6.07) is 7.37. The second kappa shape index (κ2) is 8.85. The average Bonchev–Trinajstić information content (AvgIpc) is 3.20. The Morgan fingerprint density at radius 3 is 2.81 bits per heavy atom. The highest BCUT2D eigenvalue weighted by Gasteiger charge is 2.27. The molecule has 0 bridgehead atoms. The zero-order valence-corrected chi connectivity index (χ0v) is 15.6. The van der Waals surface area contributed by atoms with Gasteiger partial charge >= 0.3 is 0 Å². The van der Waals surface area contributed by atoms with Gasteiger partial charge in [-0.3, -0.25) is 9.48 Å². The third kappa shape index (κ3) is 4.43. The molecule has 0 amide bonds. The summed E-state index contributed by atoms with van der Waals surface area (Å²) in [6.07, 6.45) is 6.84. The molecule has 6 heteroatoms. The lowest BCUT2D eigenvalue weighted by molar-refractivity contribution is 0.0816. The van der Waals surface area contributed by atoms with Gasteiger partial charge in [0.05, 0.1) is 14.2 Å². The molecule has 1 fully saturated rings. The van der Waals surface area contributed by atoms with Gasteiger partial charge in [-0.05, 0) is 56.6 Å². The molecule has 0 radical (unpaired) electrons. The number of carbonyl (C=O) groups is 1. The molecule has 2 heterocycles. The van der Waals surface area contributed by atoms with Crippen molar-refractivity contribution in [2.24, 2.45) is 5.92 Å². The first-order valence-electron chi connectivity index (χ1n) is 9.17. The highest BCUT2D eigenvalue weighted by molar-refractivity contribution is 5.98. The van der Waals surface area contributed by atoms with E-state index in [1.165, 1.54) is 0 Å². The van der Waals surface area contributed by atoms with Crippen LogP contribution in [0.2, 0.25) is 0 Å². The number of carbonyl (C=O) groups excluding carboxylic acids is 1. The first-order valence-corrected chi connectivity index (χ1v) is 9.17. The lowest BCUT2D eigenvalue weighted by atomic mass is 9.89. The van der Waals surface area contributed by atoms with Crippen LogP contribution < -0.4 is 9.47 Å². The van der Waals surface area contributed by atoms with Crippen LogP contribution in [0.1, 0.15) is 29.6 Å². The lowest BCUT2D eigenvalue weighted by Gasteiger charge is -2.32. The van der Waals surface area contributed by atoms with Gasteiger partial charge in [0.1, 0.15) is 0 Å². The Morgan fingerprint density at radius 2 is 2.08 bits per heavy atom. The summed E-state index contributed by atoms with van der Waals surface area (Å²) in [6.45, 7) is 3.80. The second-order valence-electron chi connectivity index (χ2n) is 6.70. The number of methoxy groups -OCH3 is 2. The van der Waals surface area contributed by atoms with Crippen LogP contribution in [0.15, 0.2) is 36.7 Å². The Balaban J connectivity index is 1.57. The SMILES string of the molecule is COc1ccc(C(=O)[C@H]2CCCN(CCCn3cccn3)C2)cc1OC. The van der Waals surface area contributed by atoms with Gasteiger partial charge in [-0.1, -0.05) is 0 Å².